The summed E-state index contributed by atoms with van der Waals surface area (Å²) in [5, 5.41) is 8.65. The van der Waals surface area contributed by atoms with Crippen LogP contribution in [0.1, 0.15) is 36.8 Å². The number of hydrogen-bond acceptors (Lipinski definition) is 3. The van der Waals surface area contributed by atoms with E-state index in [0.29, 0.717) is 4.34 Å². The zero-order valence-corrected chi connectivity index (χ0v) is 15.3. The average Bonchev–Trinajstić information content (AvgIpc) is 2.91. The van der Waals surface area contributed by atoms with Gasteiger partial charge in [0.25, 0.3) is 0 Å². The summed E-state index contributed by atoms with van der Waals surface area (Å²) in [6.07, 6.45) is 0.730. The van der Waals surface area contributed by atoms with Crippen molar-refractivity contribution in [2.45, 2.75) is 39.8 Å². The third-order valence-electron chi connectivity index (χ3n) is 3.36. The average molecular weight is 367 g/mol. The third kappa shape index (κ3) is 3.74. The lowest BCUT2D eigenvalue weighted by molar-refractivity contribution is 0.517. The number of halogens is 3. The van der Waals surface area contributed by atoms with Crippen LogP contribution < -0.4 is 5.32 Å². The molecule has 0 radical (unpaired) electrons. The summed E-state index contributed by atoms with van der Waals surface area (Å²) in [4.78, 5) is 0. The highest BCUT2D eigenvalue weighted by Crippen LogP contribution is 2.37. The van der Waals surface area contributed by atoms with Gasteiger partial charge >= 0.3 is 0 Å². The van der Waals surface area contributed by atoms with Gasteiger partial charge in [-0.3, -0.25) is 4.68 Å². The first-order valence-corrected chi connectivity index (χ1v) is 8.82. The molecule has 0 spiro atoms. The lowest BCUT2D eigenvalue weighted by Gasteiger charge is -2.18. The lowest BCUT2D eigenvalue weighted by atomic mass is 10.0. The molecule has 2 heterocycles. The molecule has 7 heteroatoms. The van der Waals surface area contributed by atoms with Gasteiger partial charge in [-0.25, -0.2) is 0 Å². The first kappa shape index (κ1) is 17.1. The van der Waals surface area contributed by atoms with Gasteiger partial charge in [0.2, 0.25) is 0 Å². The predicted molar refractivity (Wildman–Crippen MR) is 92.1 cm³/mol. The van der Waals surface area contributed by atoms with E-state index in [1.54, 1.807) is 0 Å². The van der Waals surface area contributed by atoms with Crippen LogP contribution >= 0.6 is 46.1 Å². The molecule has 3 nitrogen and oxygen atoms in total. The van der Waals surface area contributed by atoms with Crippen molar-refractivity contribution < 1.29 is 0 Å². The Morgan fingerprint density at radius 2 is 2.05 bits per heavy atom. The van der Waals surface area contributed by atoms with E-state index in [1.165, 1.54) is 11.3 Å². The maximum atomic E-state index is 6.40. The number of nitrogens with one attached hydrogen (secondary N) is 1. The number of likely N-dealkylation sites (N-methyl/N-ethyl adjacent to an activating group) is 1. The molecule has 0 aromatic carbocycles. The minimum absolute atomic E-state index is 0.0742. The first-order valence-electron chi connectivity index (χ1n) is 6.87. The van der Waals surface area contributed by atoms with Crippen molar-refractivity contribution in [1.82, 2.24) is 15.1 Å². The Morgan fingerprint density at radius 3 is 2.57 bits per heavy atom. The third-order valence-corrected chi connectivity index (χ3v) is 5.37. The molecule has 1 unspecified atom stereocenters. The fraction of sp³-hybridized carbons (Fsp3) is 0.500. The molecular weight excluding hydrogens is 349 g/mol. The van der Waals surface area contributed by atoms with Crippen molar-refractivity contribution in [3.8, 4) is 0 Å². The highest BCUT2D eigenvalue weighted by Gasteiger charge is 2.22. The summed E-state index contributed by atoms with van der Waals surface area (Å²) in [5.41, 5.74) is 2.91. The Hall–Kier alpha value is -0.260. The topological polar surface area (TPSA) is 29.9 Å². The molecule has 0 amide bonds. The van der Waals surface area contributed by atoms with Gasteiger partial charge in [0.05, 0.1) is 25.1 Å². The summed E-state index contributed by atoms with van der Waals surface area (Å²) in [6, 6.07) is 2.00. The van der Waals surface area contributed by atoms with Gasteiger partial charge in [-0.2, -0.15) is 5.10 Å². The van der Waals surface area contributed by atoms with Crippen molar-refractivity contribution in [2.24, 2.45) is 0 Å². The van der Waals surface area contributed by atoms with Gasteiger partial charge in [-0.15, -0.1) is 11.3 Å². The predicted octanol–water partition coefficient (Wildman–Crippen LogP) is 5.13. The van der Waals surface area contributed by atoms with Crippen LogP contribution in [0.25, 0.3) is 0 Å². The van der Waals surface area contributed by atoms with Gasteiger partial charge in [-0.1, -0.05) is 41.7 Å². The molecule has 116 valence electrons. The number of rotatable bonds is 6. The molecule has 0 fully saturated rings. The van der Waals surface area contributed by atoms with Crippen LogP contribution in [0.15, 0.2) is 6.07 Å². The molecule has 1 N–H and O–H groups in total. The molecular formula is C14H18Cl3N3S. The van der Waals surface area contributed by atoms with Crippen molar-refractivity contribution >= 4 is 46.1 Å². The fourth-order valence-electron chi connectivity index (χ4n) is 2.39. The standard InChI is InChI=1S/C14H18Cl3N3S/c1-4-18-10(9-6-12(15)21-14(9)17)7-11-13(16)8(3)19-20(11)5-2/h6,10,18H,4-5,7H2,1-3H3. The second kappa shape index (κ2) is 7.34. The Bertz CT molecular complexity index is 621. The Balaban J connectivity index is 2.35. The number of aromatic nitrogens is 2. The Morgan fingerprint density at radius 1 is 1.33 bits per heavy atom. The van der Waals surface area contributed by atoms with E-state index in [0.717, 1.165) is 45.8 Å². The van der Waals surface area contributed by atoms with Gasteiger partial charge in [0.15, 0.2) is 0 Å². The van der Waals surface area contributed by atoms with Gasteiger partial charge in [0.1, 0.15) is 0 Å². The summed E-state index contributed by atoms with van der Waals surface area (Å²) in [6.45, 7) is 7.68. The van der Waals surface area contributed by atoms with Gasteiger partial charge in [-0.05, 0) is 26.5 Å². The largest absolute Gasteiger partial charge is 0.310 e. The molecule has 0 aliphatic rings. The van der Waals surface area contributed by atoms with Crippen LogP contribution in [0, 0.1) is 6.92 Å². The summed E-state index contributed by atoms with van der Waals surface area (Å²) >= 11 is 20.2. The van der Waals surface area contributed by atoms with Crippen LogP contribution in [-0.4, -0.2) is 16.3 Å². The number of aryl methyl sites for hydroxylation is 2. The van der Waals surface area contributed by atoms with E-state index >= 15 is 0 Å². The van der Waals surface area contributed by atoms with Crippen molar-refractivity contribution in [2.75, 3.05) is 6.54 Å². The molecule has 2 aromatic rings. The van der Waals surface area contributed by atoms with E-state index in [1.807, 2.05) is 17.7 Å². The number of hydrogen-bond donors (Lipinski definition) is 1. The molecule has 2 rings (SSSR count). The van der Waals surface area contributed by atoms with Gasteiger partial charge < -0.3 is 5.32 Å². The van der Waals surface area contributed by atoms with E-state index in [9.17, 15) is 0 Å². The highest BCUT2D eigenvalue weighted by atomic mass is 35.5. The number of thiophene rings is 1. The quantitative estimate of drug-likeness (QED) is 0.768. The van der Waals surface area contributed by atoms with Gasteiger partial charge in [0, 0.05) is 24.6 Å². The molecule has 2 aromatic heterocycles. The summed E-state index contributed by atoms with van der Waals surface area (Å²) in [7, 11) is 0. The minimum atomic E-state index is 0.0742. The van der Waals surface area contributed by atoms with E-state index in [-0.39, 0.29) is 6.04 Å². The molecule has 0 aliphatic heterocycles. The van der Waals surface area contributed by atoms with Crippen molar-refractivity contribution in [3.05, 3.63) is 36.7 Å². The molecule has 21 heavy (non-hydrogen) atoms. The Kier molecular flexibility index (Phi) is 5.97. The second-order valence-electron chi connectivity index (χ2n) is 4.76. The van der Waals surface area contributed by atoms with E-state index < -0.39 is 0 Å². The molecule has 0 bridgehead atoms. The summed E-state index contributed by atoms with van der Waals surface area (Å²) in [5.74, 6) is 0. The first-order chi connectivity index (χ1) is 9.97. The fourth-order valence-corrected chi connectivity index (χ4v) is 4.18. The second-order valence-corrected chi connectivity index (χ2v) is 7.42. The Labute approximate surface area is 144 Å². The van der Waals surface area contributed by atoms with Crippen LogP contribution in [0.4, 0.5) is 0 Å². The molecule has 1 atom stereocenters. The monoisotopic (exact) mass is 365 g/mol. The summed E-state index contributed by atoms with van der Waals surface area (Å²) < 4.78 is 3.37. The smallest absolute Gasteiger partial charge is 0.0992 e. The SMILES string of the molecule is CCNC(Cc1c(Cl)c(C)nn1CC)c1cc(Cl)sc1Cl. The van der Waals surface area contributed by atoms with Crippen LogP contribution in [0.2, 0.25) is 13.7 Å². The van der Waals surface area contributed by atoms with Crippen LogP contribution in [0.5, 0.6) is 0 Å². The number of nitrogens with zero attached hydrogens (tertiary/aromatic N) is 2. The lowest BCUT2D eigenvalue weighted by Crippen LogP contribution is -2.24. The molecule has 0 aliphatic carbocycles. The van der Waals surface area contributed by atoms with Crippen molar-refractivity contribution in [1.29, 1.82) is 0 Å². The van der Waals surface area contributed by atoms with Crippen molar-refractivity contribution in [3.63, 3.8) is 0 Å². The molecule has 0 saturated heterocycles. The van der Waals surface area contributed by atoms with Crippen LogP contribution in [-0.2, 0) is 13.0 Å². The maximum absolute atomic E-state index is 6.40. The normalized spacial score (nSPS) is 12.9. The van der Waals surface area contributed by atoms with E-state index in [2.05, 4.69) is 24.3 Å². The highest BCUT2D eigenvalue weighted by molar-refractivity contribution is 7.20. The maximum Gasteiger partial charge on any atom is 0.0992 e. The zero-order valence-electron chi connectivity index (χ0n) is 12.2. The van der Waals surface area contributed by atoms with Crippen LogP contribution in [0.3, 0.4) is 0 Å². The molecule has 0 saturated carbocycles. The zero-order chi connectivity index (χ0) is 15.6. The van der Waals surface area contributed by atoms with E-state index in [4.69, 9.17) is 34.8 Å². The minimum Gasteiger partial charge on any atom is -0.310 e.